The van der Waals surface area contributed by atoms with Crippen molar-refractivity contribution in [3.63, 3.8) is 0 Å². The van der Waals surface area contributed by atoms with Gasteiger partial charge in [-0.1, -0.05) is 13.0 Å². The summed E-state index contributed by atoms with van der Waals surface area (Å²) in [5.41, 5.74) is 9.20. The molecule has 0 fully saturated rings. The lowest BCUT2D eigenvalue weighted by Gasteiger charge is -2.18. The van der Waals surface area contributed by atoms with Gasteiger partial charge in [-0.25, -0.2) is 8.78 Å². The molecule has 2 N–H and O–H groups in total. The molecule has 0 amide bonds. The number of carbonyl (C=O) groups excluding carboxylic acids is 1. The Kier molecular flexibility index (Phi) is 4.47. The minimum Gasteiger partial charge on any atom is -0.494 e. The molecule has 2 heterocycles. The van der Waals surface area contributed by atoms with Crippen molar-refractivity contribution in [2.24, 2.45) is 0 Å². The van der Waals surface area contributed by atoms with E-state index in [1.165, 1.54) is 31.4 Å². The first-order valence-corrected chi connectivity index (χ1v) is 8.93. The van der Waals surface area contributed by atoms with E-state index in [0.29, 0.717) is 46.5 Å². The molecule has 0 aliphatic carbocycles. The van der Waals surface area contributed by atoms with Gasteiger partial charge in [0.25, 0.3) is 0 Å². The van der Waals surface area contributed by atoms with Crippen LogP contribution in [0, 0.1) is 11.6 Å². The number of ether oxygens (including phenoxy) is 1. The van der Waals surface area contributed by atoms with Crippen LogP contribution in [0.4, 0.5) is 14.5 Å². The molecule has 144 valence electrons. The number of nitrogens with zero attached hydrogens (tertiary/aromatic N) is 2. The molecule has 1 aliphatic heterocycles. The molecular formula is C21H19F2N3O2. The predicted molar refractivity (Wildman–Crippen MR) is 103 cm³/mol. The first kappa shape index (κ1) is 18.3. The zero-order valence-corrected chi connectivity index (χ0v) is 15.5. The number of aromatic nitrogens is 1. The lowest BCUT2D eigenvalue weighted by Crippen LogP contribution is -2.22. The van der Waals surface area contributed by atoms with Gasteiger partial charge < -0.3 is 15.3 Å². The van der Waals surface area contributed by atoms with E-state index in [4.69, 9.17) is 10.5 Å². The number of benzene rings is 2. The number of methoxy groups -OCH3 is 1. The summed E-state index contributed by atoms with van der Waals surface area (Å²) in [6.07, 6.45) is 0.856. The molecule has 0 spiro atoms. The Morgan fingerprint density at radius 2 is 2.04 bits per heavy atom. The van der Waals surface area contributed by atoms with Gasteiger partial charge in [-0.3, -0.25) is 9.88 Å². The summed E-state index contributed by atoms with van der Waals surface area (Å²) in [5, 5.41) is 0.559. The van der Waals surface area contributed by atoms with E-state index < -0.39 is 17.7 Å². The van der Waals surface area contributed by atoms with Gasteiger partial charge in [-0.05, 0) is 36.4 Å². The molecule has 4 rings (SSSR count). The van der Waals surface area contributed by atoms with Crippen molar-refractivity contribution in [1.82, 2.24) is 9.88 Å². The second-order valence-electron chi connectivity index (χ2n) is 6.70. The van der Waals surface area contributed by atoms with Crippen LogP contribution in [0.3, 0.4) is 0 Å². The minimum absolute atomic E-state index is 0.0150. The summed E-state index contributed by atoms with van der Waals surface area (Å²) in [7, 11) is 1.35. The molecule has 5 nitrogen and oxygen atoms in total. The fraction of sp³-hybridized carbons (Fsp3) is 0.238. The number of rotatable bonds is 4. The van der Waals surface area contributed by atoms with E-state index in [0.717, 1.165) is 6.29 Å². The molecule has 7 heteroatoms. The second kappa shape index (κ2) is 6.83. The summed E-state index contributed by atoms with van der Waals surface area (Å²) < 4.78 is 33.7. The minimum atomic E-state index is -0.535. The fourth-order valence-corrected chi connectivity index (χ4v) is 3.87. The summed E-state index contributed by atoms with van der Waals surface area (Å²) in [6, 6.07) is 6.55. The quantitative estimate of drug-likeness (QED) is 0.693. The third-order valence-electron chi connectivity index (χ3n) is 5.28. The molecule has 0 radical (unpaired) electrons. The number of nitrogen functional groups attached to an aromatic ring is 1. The van der Waals surface area contributed by atoms with E-state index >= 15 is 0 Å². The summed E-state index contributed by atoms with van der Waals surface area (Å²) in [6.45, 7) is 3.07. The van der Waals surface area contributed by atoms with E-state index in [-0.39, 0.29) is 11.3 Å². The van der Waals surface area contributed by atoms with Crippen molar-refractivity contribution in [3.05, 3.63) is 53.2 Å². The van der Waals surface area contributed by atoms with E-state index in [9.17, 15) is 13.6 Å². The third-order valence-corrected chi connectivity index (χ3v) is 5.28. The Morgan fingerprint density at radius 1 is 1.29 bits per heavy atom. The van der Waals surface area contributed by atoms with Crippen LogP contribution in [0.2, 0.25) is 0 Å². The topological polar surface area (TPSA) is 68.5 Å². The van der Waals surface area contributed by atoms with Gasteiger partial charge in [-0.2, -0.15) is 0 Å². The molecule has 0 saturated carbocycles. The molecule has 1 atom stereocenters. The van der Waals surface area contributed by atoms with E-state index in [2.05, 4.69) is 4.98 Å². The van der Waals surface area contributed by atoms with Crippen molar-refractivity contribution in [1.29, 1.82) is 0 Å². The smallest absolute Gasteiger partial charge is 0.165 e. The molecule has 1 aliphatic rings. The molecule has 0 bridgehead atoms. The highest BCUT2D eigenvalue weighted by Gasteiger charge is 2.33. The van der Waals surface area contributed by atoms with Crippen LogP contribution in [0.5, 0.6) is 5.75 Å². The van der Waals surface area contributed by atoms with Crippen LogP contribution >= 0.6 is 0 Å². The van der Waals surface area contributed by atoms with Crippen LogP contribution in [0.15, 0.2) is 30.3 Å². The fourth-order valence-electron chi connectivity index (χ4n) is 3.87. The molecule has 3 aromatic rings. The number of nitrogens with two attached hydrogens (primary N) is 1. The normalized spacial score (nSPS) is 16.4. The predicted octanol–water partition coefficient (Wildman–Crippen LogP) is 3.85. The van der Waals surface area contributed by atoms with Gasteiger partial charge in [0.1, 0.15) is 12.1 Å². The standard InChI is InChI=1S/C21H19F2N3O2/c1-3-26-9-15-19(16(26)10-27)20(24)12-5-7-14(23)18(21(12)25-15)11-4-6-13(22)17(8-11)28-2/h4-8,10,16H,3,9H2,1-2H3,(H2,24,25). The molecular weight excluding hydrogens is 364 g/mol. The van der Waals surface area contributed by atoms with Gasteiger partial charge in [0.05, 0.1) is 24.4 Å². The largest absolute Gasteiger partial charge is 0.494 e. The molecule has 28 heavy (non-hydrogen) atoms. The van der Waals surface area contributed by atoms with Crippen molar-refractivity contribution in [2.45, 2.75) is 19.5 Å². The Hall–Kier alpha value is -3.06. The Labute approximate surface area is 160 Å². The number of likely N-dealkylation sites (N-methyl/N-ethyl adjacent to an activating group) is 1. The van der Waals surface area contributed by atoms with Gasteiger partial charge in [0.15, 0.2) is 11.6 Å². The van der Waals surface area contributed by atoms with Crippen LogP contribution in [0.1, 0.15) is 24.2 Å². The molecule has 1 unspecified atom stereocenters. The SMILES string of the molecule is CCN1Cc2nc3c(-c4ccc(F)c(OC)c4)c(F)ccc3c(N)c2C1C=O. The molecule has 0 saturated heterocycles. The second-order valence-corrected chi connectivity index (χ2v) is 6.70. The lowest BCUT2D eigenvalue weighted by molar-refractivity contribution is -0.112. The number of halogens is 2. The number of pyridine rings is 1. The Morgan fingerprint density at radius 3 is 2.71 bits per heavy atom. The highest BCUT2D eigenvalue weighted by atomic mass is 19.1. The Balaban J connectivity index is 2.01. The highest BCUT2D eigenvalue weighted by molar-refractivity contribution is 6.02. The molecule has 1 aromatic heterocycles. The van der Waals surface area contributed by atoms with Gasteiger partial charge in [0, 0.05) is 28.7 Å². The number of carbonyl (C=O) groups is 1. The lowest BCUT2D eigenvalue weighted by atomic mass is 9.97. The maximum absolute atomic E-state index is 14.8. The highest BCUT2D eigenvalue weighted by Crippen LogP contribution is 2.42. The average molecular weight is 383 g/mol. The number of hydrogen-bond acceptors (Lipinski definition) is 5. The van der Waals surface area contributed by atoms with Gasteiger partial charge in [-0.15, -0.1) is 0 Å². The molecule has 2 aromatic carbocycles. The Bertz CT molecular complexity index is 1100. The first-order chi connectivity index (χ1) is 13.5. The van der Waals surface area contributed by atoms with Gasteiger partial charge in [0.2, 0.25) is 0 Å². The van der Waals surface area contributed by atoms with Crippen molar-refractivity contribution in [3.8, 4) is 16.9 Å². The first-order valence-electron chi connectivity index (χ1n) is 8.93. The van der Waals surface area contributed by atoms with E-state index in [1.807, 2.05) is 11.8 Å². The van der Waals surface area contributed by atoms with Gasteiger partial charge >= 0.3 is 0 Å². The maximum atomic E-state index is 14.8. The maximum Gasteiger partial charge on any atom is 0.165 e. The van der Waals surface area contributed by atoms with Crippen molar-refractivity contribution in [2.75, 3.05) is 19.4 Å². The number of anilines is 1. The van der Waals surface area contributed by atoms with Crippen LogP contribution in [-0.2, 0) is 11.3 Å². The van der Waals surface area contributed by atoms with Crippen LogP contribution in [0.25, 0.3) is 22.0 Å². The summed E-state index contributed by atoms with van der Waals surface area (Å²) in [4.78, 5) is 18.3. The van der Waals surface area contributed by atoms with Crippen LogP contribution in [-0.4, -0.2) is 29.8 Å². The zero-order valence-electron chi connectivity index (χ0n) is 15.5. The third kappa shape index (κ3) is 2.62. The monoisotopic (exact) mass is 383 g/mol. The summed E-state index contributed by atoms with van der Waals surface area (Å²) in [5.74, 6) is -1.01. The number of aldehydes is 1. The number of fused-ring (bicyclic) bond motifs is 2. The average Bonchev–Trinajstić information content (AvgIpc) is 3.06. The zero-order chi connectivity index (χ0) is 20.0. The van der Waals surface area contributed by atoms with E-state index in [1.54, 1.807) is 6.07 Å². The summed E-state index contributed by atoms with van der Waals surface area (Å²) >= 11 is 0. The van der Waals surface area contributed by atoms with Crippen molar-refractivity contribution >= 4 is 22.9 Å². The van der Waals surface area contributed by atoms with Crippen molar-refractivity contribution < 1.29 is 18.3 Å². The van der Waals surface area contributed by atoms with Crippen LogP contribution < -0.4 is 10.5 Å². The number of hydrogen-bond donors (Lipinski definition) is 1.